The zero-order valence-corrected chi connectivity index (χ0v) is 7.30. The molecule has 1 heterocycles. The molecule has 11 heavy (non-hydrogen) atoms. The number of rotatable bonds is 2. The number of hydrogen-bond donors (Lipinski definition) is 3. The van der Waals surface area contributed by atoms with Crippen molar-refractivity contribution in [2.24, 2.45) is 0 Å². The Morgan fingerprint density at radius 2 is 2.18 bits per heavy atom. The summed E-state index contributed by atoms with van der Waals surface area (Å²) in [5.74, 6) is 0. The second kappa shape index (κ2) is 4.04. The summed E-state index contributed by atoms with van der Waals surface area (Å²) in [7, 11) is 0. The molecule has 3 atom stereocenters. The van der Waals surface area contributed by atoms with Gasteiger partial charge in [-0.25, -0.2) is 0 Å². The molecule has 0 spiro atoms. The Morgan fingerprint density at radius 1 is 1.45 bits per heavy atom. The largest absolute Gasteiger partial charge is 0.392 e. The van der Waals surface area contributed by atoms with Crippen LogP contribution in [0.4, 0.5) is 0 Å². The molecule has 0 aromatic heterocycles. The van der Waals surface area contributed by atoms with Crippen LogP contribution >= 0.6 is 0 Å². The molecule has 66 valence electrons. The Hall–Kier alpha value is -0.120. The van der Waals surface area contributed by atoms with Gasteiger partial charge in [0.25, 0.3) is 0 Å². The van der Waals surface area contributed by atoms with Crippen molar-refractivity contribution in [3.63, 3.8) is 0 Å². The molecule has 0 aromatic carbocycles. The molecule has 3 N–H and O–H groups in total. The first-order valence-corrected chi connectivity index (χ1v) is 4.39. The van der Waals surface area contributed by atoms with Crippen molar-refractivity contribution in [2.45, 2.75) is 38.5 Å². The topological polar surface area (TPSA) is 44.3 Å². The average molecular weight is 158 g/mol. The lowest BCUT2D eigenvalue weighted by atomic mass is 10.1. The Morgan fingerprint density at radius 3 is 2.55 bits per heavy atom. The van der Waals surface area contributed by atoms with Crippen LogP contribution in [-0.2, 0) is 0 Å². The van der Waals surface area contributed by atoms with Crippen molar-refractivity contribution >= 4 is 0 Å². The van der Waals surface area contributed by atoms with E-state index in [-0.39, 0.29) is 12.1 Å². The zero-order valence-electron chi connectivity index (χ0n) is 7.30. The van der Waals surface area contributed by atoms with E-state index in [1.165, 1.54) is 0 Å². The standard InChI is InChI=1S/C8H18N2O/c1-3-7-4-10-8(5-9-7)6(2)11/h6-11H,3-5H2,1-2H3/t6-,7-,8-/m1/s1. The van der Waals surface area contributed by atoms with Gasteiger partial charge >= 0.3 is 0 Å². The van der Waals surface area contributed by atoms with Gasteiger partial charge in [0.15, 0.2) is 0 Å². The lowest BCUT2D eigenvalue weighted by Crippen LogP contribution is -2.57. The molecule has 1 fully saturated rings. The van der Waals surface area contributed by atoms with E-state index >= 15 is 0 Å². The summed E-state index contributed by atoms with van der Waals surface area (Å²) in [5.41, 5.74) is 0. The Bertz CT molecular complexity index is 109. The van der Waals surface area contributed by atoms with Gasteiger partial charge in [0.05, 0.1) is 6.10 Å². The van der Waals surface area contributed by atoms with Crippen LogP contribution in [0.2, 0.25) is 0 Å². The smallest absolute Gasteiger partial charge is 0.0677 e. The monoisotopic (exact) mass is 158 g/mol. The second-order valence-corrected chi connectivity index (χ2v) is 3.27. The average Bonchev–Trinajstić information content (AvgIpc) is 2.05. The van der Waals surface area contributed by atoms with Crippen LogP contribution in [0.25, 0.3) is 0 Å². The van der Waals surface area contributed by atoms with Crippen LogP contribution in [0.15, 0.2) is 0 Å². The maximum Gasteiger partial charge on any atom is 0.0677 e. The van der Waals surface area contributed by atoms with Crippen molar-refractivity contribution in [3.8, 4) is 0 Å². The highest BCUT2D eigenvalue weighted by atomic mass is 16.3. The lowest BCUT2D eigenvalue weighted by Gasteiger charge is -2.32. The molecule has 1 saturated heterocycles. The van der Waals surface area contributed by atoms with E-state index in [0.717, 1.165) is 19.5 Å². The van der Waals surface area contributed by atoms with Crippen LogP contribution in [0.3, 0.4) is 0 Å². The third kappa shape index (κ3) is 2.43. The van der Waals surface area contributed by atoms with Crippen molar-refractivity contribution in [2.75, 3.05) is 13.1 Å². The van der Waals surface area contributed by atoms with Gasteiger partial charge in [-0.3, -0.25) is 0 Å². The molecule has 0 aliphatic carbocycles. The fraction of sp³-hybridized carbons (Fsp3) is 1.00. The van der Waals surface area contributed by atoms with E-state index < -0.39 is 0 Å². The molecular formula is C8H18N2O. The number of aliphatic hydroxyl groups excluding tert-OH is 1. The normalized spacial score (nSPS) is 35.2. The third-order valence-corrected chi connectivity index (χ3v) is 2.33. The van der Waals surface area contributed by atoms with Gasteiger partial charge in [0, 0.05) is 25.2 Å². The van der Waals surface area contributed by atoms with Gasteiger partial charge < -0.3 is 15.7 Å². The third-order valence-electron chi connectivity index (χ3n) is 2.33. The molecule has 0 radical (unpaired) electrons. The number of nitrogens with one attached hydrogen (secondary N) is 2. The van der Waals surface area contributed by atoms with E-state index in [2.05, 4.69) is 17.6 Å². The molecule has 0 amide bonds. The maximum absolute atomic E-state index is 9.23. The van der Waals surface area contributed by atoms with E-state index in [1.807, 2.05) is 6.92 Å². The first-order valence-electron chi connectivity index (χ1n) is 4.39. The minimum atomic E-state index is -0.250. The van der Waals surface area contributed by atoms with Gasteiger partial charge in [-0.15, -0.1) is 0 Å². The van der Waals surface area contributed by atoms with Gasteiger partial charge in [-0.2, -0.15) is 0 Å². The van der Waals surface area contributed by atoms with E-state index in [4.69, 9.17) is 0 Å². The Labute approximate surface area is 68.2 Å². The molecule has 1 aliphatic rings. The van der Waals surface area contributed by atoms with Crippen molar-refractivity contribution < 1.29 is 5.11 Å². The summed E-state index contributed by atoms with van der Waals surface area (Å²) >= 11 is 0. The summed E-state index contributed by atoms with van der Waals surface area (Å²) in [4.78, 5) is 0. The van der Waals surface area contributed by atoms with Crippen LogP contribution in [0.5, 0.6) is 0 Å². The Kier molecular flexibility index (Phi) is 3.30. The number of hydrogen-bond acceptors (Lipinski definition) is 3. The number of piperazine rings is 1. The minimum absolute atomic E-state index is 0.234. The van der Waals surface area contributed by atoms with Gasteiger partial charge in [-0.05, 0) is 13.3 Å². The van der Waals surface area contributed by atoms with Gasteiger partial charge in [-0.1, -0.05) is 6.92 Å². The fourth-order valence-electron chi connectivity index (χ4n) is 1.36. The molecule has 1 aliphatic heterocycles. The molecule has 1 rings (SSSR count). The summed E-state index contributed by atoms with van der Waals surface area (Å²) < 4.78 is 0. The summed E-state index contributed by atoms with van der Waals surface area (Å²) in [6.07, 6.45) is 0.903. The lowest BCUT2D eigenvalue weighted by molar-refractivity contribution is 0.127. The Balaban J connectivity index is 2.24. The highest BCUT2D eigenvalue weighted by Crippen LogP contribution is 2.00. The zero-order chi connectivity index (χ0) is 8.27. The minimum Gasteiger partial charge on any atom is -0.392 e. The maximum atomic E-state index is 9.23. The second-order valence-electron chi connectivity index (χ2n) is 3.27. The van der Waals surface area contributed by atoms with E-state index in [9.17, 15) is 5.11 Å². The van der Waals surface area contributed by atoms with Gasteiger partial charge in [0.2, 0.25) is 0 Å². The highest BCUT2D eigenvalue weighted by molar-refractivity contribution is 4.84. The SMILES string of the molecule is CC[C@@H]1CN[C@@H]([C@@H](C)O)CN1. The molecular weight excluding hydrogens is 140 g/mol. The van der Waals surface area contributed by atoms with Crippen LogP contribution in [-0.4, -0.2) is 36.4 Å². The molecule has 3 nitrogen and oxygen atoms in total. The van der Waals surface area contributed by atoms with Crippen LogP contribution < -0.4 is 10.6 Å². The van der Waals surface area contributed by atoms with Crippen LogP contribution in [0.1, 0.15) is 20.3 Å². The molecule has 0 aromatic rings. The van der Waals surface area contributed by atoms with Crippen LogP contribution in [0, 0.1) is 0 Å². The molecule has 0 unspecified atom stereocenters. The van der Waals surface area contributed by atoms with E-state index in [1.54, 1.807) is 0 Å². The first-order chi connectivity index (χ1) is 5.24. The summed E-state index contributed by atoms with van der Waals surface area (Å²) in [6.45, 7) is 5.86. The van der Waals surface area contributed by atoms with Crippen molar-refractivity contribution in [1.29, 1.82) is 0 Å². The van der Waals surface area contributed by atoms with Crippen molar-refractivity contribution in [1.82, 2.24) is 10.6 Å². The summed E-state index contributed by atoms with van der Waals surface area (Å²) in [6, 6.07) is 0.822. The van der Waals surface area contributed by atoms with Crippen molar-refractivity contribution in [3.05, 3.63) is 0 Å². The molecule has 3 heteroatoms. The molecule has 0 bridgehead atoms. The van der Waals surface area contributed by atoms with E-state index in [0.29, 0.717) is 6.04 Å². The highest BCUT2D eigenvalue weighted by Gasteiger charge is 2.21. The first kappa shape index (κ1) is 8.97. The quantitative estimate of drug-likeness (QED) is 0.517. The van der Waals surface area contributed by atoms with Gasteiger partial charge in [0.1, 0.15) is 0 Å². The summed E-state index contributed by atoms with van der Waals surface area (Å²) in [5, 5.41) is 15.9. The predicted molar refractivity (Wildman–Crippen MR) is 45.6 cm³/mol. The number of aliphatic hydroxyl groups is 1. The fourth-order valence-corrected chi connectivity index (χ4v) is 1.36. The molecule has 0 saturated carbocycles. The predicted octanol–water partition coefficient (Wildman–Crippen LogP) is -0.293.